The van der Waals surface area contributed by atoms with Gasteiger partial charge in [-0.2, -0.15) is 0 Å². The second-order valence-corrected chi connectivity index (χ2v) is 9.27. The molecule has 3 rings (SSSR count). The van der Waals surface area contributed by atoms with Crippen molar-refractivity contribution in [2.24, 2.45) is 0 Å². The molecule has 0 amide bonds. The fourth-order valence-corrected chi connectivity index (χ4v) is 4.22. The van der Waals surface area contributed by atoms with Crippen LogP contribution in [0.4, 0.5) is 0 Å². The van der Waals surface area contributed by atoms with Crippen molar-refractivity contribution >= 4 is 9.84 Å². The maximum Gasteiger partial charge on any atom is 0.150 e. The number of aliphatic hydroxyl groups excluding tert-OH is 1. The zero-order valence-corrected chi connectivity index (χ0v) is 16.6. The van der Waals surface area contributed by atoms with Crippen LogP contribution in [0.5, 0.6) is 11.5 Å². The highest BCUT2D eigenvalue weighted by Crippen LogP contribution is 2.40. The Bertz CT molecular complexity index is 918. The summed E-state index contributed by atoms with van der Waals surface area (Å²) < 4.78 is 34.9. The number of sulfone groups is 1. The molecule has 0 saturated heterocycles. The lowest BCUT2D eigenvalue weighted by atomic mass is 9.92. The maximum absolute atomic E-state index is 11.6. The number of ether oxygens (including phenoxy) is 2. The number of aliphatic hydroxyl groups is 1. The Morgan fingerprint density at radius 3 is 2.78 bits per heavy atom. The van der Waals surface area contributed by atoms with Crippen molar-refractivity contribution in [3.05, 3.63) is 47.0 Å². The molecule has 0 saturated carbocycles. The molecule has 0 fully saturated rings. The highest BCUT2D eigenvalue weighted by molar-refractivity contribution is 7.91. The molecule has 0 unspecified atom stereocenters. The van der Waals surface area contributed by atoms with Gasteiger partial charge in [-0.15, -0.1) is 0 Å². The van der Waals surface area contributed by atoms with Crippen molar-refractivity contribution in [2.45, 2.75) is 33.3 Å². The van der Waals surface area contributed by atoms with Crippen LogP contribution in [-0.4, -0.2) is 38.2 Å². The molecular formula is C21H26O5S. The molecule has 0 aromatic heterocycles. The van der Waals surface area contributed by atoms with E-state index < -0.39 is 9.84 Å². The van der Waals surface area contributed by atoms with Gasteiger partial charge in [0, 0.05) is 17.7 Å². The molecule has 146 valence electrons. The largest absolute Gasteiger partial charge is 0.494 e. The van der Waals surface area contributed by atoms with Gasteiger partial charge in [-0.3, -0.25) is 0 Å². The molecule has 1 heterocycles. The summed E-state index contributed by atoms with van der Waals surface area (Å²) in [6.07, 6.45) is 1.25. The van der Waals surface area contributed by atoms with Gasteiger partial charge in [0.25, 0.3) is 0 Å². The number of benzene rings is 2. The maximum atomic E-state index is 11.6. The third-order valence-corrected chi connectivity index (χ3v) is 6.61. The molecule has 1 aliphatic rings. The van der Waals surface area contributed by atoms with Gasteiger partial charge < -0.3 is 14.6 Å². The Labute approximate surface area is 160 Å². The van der Waals surface area contributed by atoms with E-state index >= 15 is 0 Å². The molecule has 6 heteroatoms. The molecule has 0 atom stereocenters. The van der Waals surface area contributed by atoms with E-state index in [1.807, 2.05) is 37.3 Å². The fourth-order valence-electron chi connectivity index (χ4n) is 3.37. The SMILES string of the molecule is CCS(=O)(=O)CCCOc1cc(C)c2c(c1)CCOc1ccc(CO)cc1-2. The third-order valence-electron chi connectivity index (χ3n) is 4.82. The Balaban J connectivity index is 1.82. The summed E-state index contributed by atoms with van der Waals surface area (Å²) in [5, 5.41) is 9.46. The molecule has 2 aromatic rings. The van der Waals surface area contributed by atoms with Crippen molar-refractivity contribution < 1.29 is 23.0 Å². The van der Waals surface area contributed by atoms with Gasteiger partial charge in [-0.05, 0) is 59.9 Å². The first-order chi connectivity index (χ1) is 12.9. The van der Waals surface area contributed by atoms with E-state index in [1.54, 1.807) is 6.92 Å². The topological polar surface area (TPSA) is 72.8 Å². The molecule has 1 aliphatic heterocycles. The summed E-state index contributed by atoms with van der Waals surface area (Å²) in [5.74, 6) is 1.90. The Morgan fingerprint density at radius 2 is 2.04 bits per heavy atom. The quantitative estimate of drug-likeness (QED) is 0.735. The van der Waals surface area contributed by atoms with Crippen LogP contribution in [0.1, 0.15) is 30.0 Å². The van der Waals surface area contributed by atoms with Crippen LogP contribution in [-0.2, 0) is 22.9 Å². The van der Waals surface area contributed by atoms with Crippen LogP contribution in [0.25, 0.3) is 11.1 Å². The monoisotopic (exact) mass is 390 g/mol. The molecule has 0 spiro atoms. The number of aryl methyl sites for hydroxylation is 1. The van der Waals surface area contributed by atoms with Crippen LogP contribution in [0.2, 0.25) is 0 Å². The third kappa shape index (κ3) is 4.62. The van der Waals surface area contributed by atoms with Crippen molar-refractivity contribution in [1.82, 2.24) is 0 Å². The van der Waals surface area contributed by atoms with Crippen molar-refractivity contribution in [1.29, 1.82) is 0 Å². The lowest BCUT2D eigenvalue weighted by Crippen LogP contribution is -2.12. The molecule has 2 aromatic carbocycles. The zero-order chi connectivity index (χ0) is 19.4. The van der Waals surface area contributed by atoms with Gasteiger partial charge in [0.1, 0.15) is 21.3 Å². The predicted octanol–water partition coefficient (Wildman–Crippen LogP) is 3.29. The summed E-state index contributed by atoms with van der Waals surface area (Å²) in [6, 6.07) is 9.76. The van der Waals surface area contributed by atoms with Gasteiger partial charge in [0.05, 0.1) is 25.6 Å². The zero-order valence-electron chi connectivity index (χ0n) is 15.8. The first-order valence-electron chi connectivity index (χ1n) is 9.27. The number of hydrogen-bond acceptors (Lipinski definition) is 5. The average Bonchev–Trinajstić information content (AvgIpc) is 2.84. The molecule has 0 radical (unpaired) electrons. The fraction of sp³-hybridized carbons (Fsp3) is 0.429. The summed E-state index contributed by atoms with van der Waals surface area (Å²) in [7, 11) is -2.96. The molecule has 5 nitrogen and oxygen atoms in total. The predicted molar refractivity (Wildman–Crippen MR) is 106 cm³/mol. The Hall–Kier alpha value is -2.05. The van der Waals surface area contributed by atoms with Crippen molar-refractivity contribution in [3.63, 3.8) is 0 Å². The molecule has 27 heavy (non-hydrogen) atoms. The molecule has 0 bridgehead atoms. The van der Waals surface area contributed by atoms with E-state index in [4.69, 9.17) is 9.47 Å². The van der Waals surface area contributed by atoms with E-state index in [2.05, 4.69) is 0 Å². The van der Waals surface area contributed by atoms with Crippen LogP contribution < -0.4 is 9.47 Å². The first kappa shape index (κ1) is 19.7. The van der Waals surface area contributed by atoms with Gasteiger partial charge >= 0.3 is 0 Å². The first-order valence-corrected chi connectivity index (χ1v) is 11.1. The van der Waals surface area contributed by atoms with Crippen molar-refractivity contribution in [3.8, 4) is 22.6 Å². The smallest absolute Gasteiger partial charge is 0.150 e. The highest BCUT2D eigenvalue weighted by atomic mass is 32.2. The Kier molecular flexibility index (Phi) is 6.07. The Morgan fingerprint density at radius 1 is 1.22 bits per heavy atom. The second kappa shape index (κ2) is 8.31. The lowest BCUT2D eigenvalue weighted by molar-refractivity contribution is 0.281. The normalized spacial score (nSPS) is 13.3. The van der Waals surface area contributed by atoms with Crippen LogP contribution in [0.3, 0.4) is 0 Å². The minimum Gasteiger partial charge on any atom is -0.494 e. The van der Waals surface area contributed by atoms with E-state index in [9.17, 15) is 13.5 Å². The second-order valence-electron chi connectivity index (χ2n) is 6.80. The standard InChI is InChI=1S/C21H26O5S/c1-3-27(23,24)10-4-8-25-18-11-15(2)21-17(13-18)7-9-26-20-6-5-16(14-22)12-19(20)21/h5-6,11-13,22H,3-4,7-10,14H2,1-2H3. The number of rotatable bonds is 7. The minimum atomic E-state index is -2.96. The van der Waals surface area contributed by atoms with Gasteiger partial charge in [-0.25, -0.2) is 8.42 Å². The molecular weight excluding hydrogens is 364 g/mol. The molecule has 1 N–H and O–H groups in total. The van der Waals surface area contributed by atoms with Crippen molar-refractivity contribution in [2.75, 3.05) is 24.7 Å². The van der Waals surface area contributed by atoms with Crippen LogP contribution in [0, 0.1) is 6.92 Å². The summed E-state index contributed by atoms with van der Waals surface area (Å²) >= 11 is 0. The number of hydrogen-bond donors (Lipinski definition) is 1. The van der Waals surface area contributed by atoms with Crippen LogP contribution in [0.15, 0.2) is 30.3 Å². The minimum absolute atomic E-state index is 0.0104. The van der Waals surface area contributed by atoms with E-state index in [-0.39, 0.29) is 18.1 Å². The van der Waals surface area contributed by atoms with E-state index in [0.29, 0.717) is 19.6 Å². The van der Waals surface area contributed by atoms with E-state index in [0.717, 1.165) is 45.7 Å². The van der Waals surface area contributed by atoms with E-state index in [1.165, 1.54) is 0 Å². The number of fused-ring (bicyclic) bond motifs is 3. The highest BCUT2D eigenvalue weighted by Gasteiger charge is 2.19. The summed E-state index contributed by atoms with van der Waals surface area (Å²) in [5.41, 5.74) is 5.18. The van der Waals surface area contributed by atoms with Crippen LogP contribution >= 0.6 is 0 Å². The van der Waals surface area contributed by atoms with Gasteiger partial charge in [-0.1, -0.05) is 13.0 Å². The van der Waals surface area contributed by atoms with Gasteiger partial charge in [0.2, 0.25) is 0 Å². The summed E-state index contributed by atoms with van der Waals surface area (Å²) in [4.78, 5) is 0. The average molecular weight is 391 g/mol. The molecule has 0 aliphatic carbocycles. The van der Waals surface area contributed by atoms with Gasteiger partial charge in [0.15, 0.2) is 0 Å². The lowest BCUT2D eigenvalue weighted by Gasteiger charge is -2.15. The summed E-state index contributed by atoms with van der Waals surface area (Å²) in [6.45, 7) is 4.64.